The van der Waals surface area contributed by atoms with Crippen LogP contribution < -0.4 is 0 Å². The first-order valence-corrected chi connectivity index (χ1v) is 34.7. The number of nitrogens with zero attached hydrogens (tertiary/aromatic N) is 1. The summed E-state index contributed by atoms with van der Waals surface area (Å²) in [6.45, 7) is 4.48. The molecule has 9 nitrogen and oxygen atoms in total. The molecule has 0 aromatic rings. The van der Waals surface area contributed by atoms with Crippen molar-refractivity contribution in [2.75, 3.05) is 47.5 Å². The van der Waals surface area contributed by atoms with Crippen molar-refractivity contribution in [1.82, 2.24) is 0 Å². The molecule has 10 heteroatoms. The molecule has 0 fully saturated rings. The van der Waals surface area contributed by atoms with Crippen LogP contribution >= 0.6 is 7.82 Å². The van der Waals surface area contributed by atoms with Crippen LogP contribution in [0.15, 0.2) is 36.5 Å². The van der Waals surface area contributed by atoms with E-state index in [4.69, 9.17) is 18.5 Å². The molecule has 0 heterocycles. The highest BCUT2D eigenvalue weighted by Gasteiger charge is 2.27. The Morgan fingerprint density at radius 1 is 0.403 bits per heavy atom. The Morgan fingerprint density at radius 3 is 1.04 bits per heavy atom. The molecule has 454 valence electrons. The number of phosphoric acid groups is 1. The van der Waals surface area contributed by atoms with Gasteiger partial charge in [0.05, 0.1) is 27.7 Å². The van der Waals surface area contributed by atoms with Crippen LogP contribution in [0, 0.1) is 0 Å². The summed E-state index contributed by atoms with van der Waals surface area (Å²) in [6, 6.07) is 0. The third kappa shape index (κ3) is 63.3. The van der Waals surface area contributed by atoms with Crippen molar-refractivity contribution in [1.29, 1.82) is 0 Å². The zero-order valence-corrected chi connectivity index (χ0v) is 52.6. The summed E-state index contributed by atoms with van der Waals surface area (Å²) < 4.78 is 34.7. The fraction of sp³-hybridized carbons (Fsp3) is 0.881. The van der Waals surface area contributed by atoms with Gasteiger partial charge in [-0.2, -0.15) is 0 Å². The van der Waals surface area contributed by atoms with Crippen molar-refractivity contribution in [3.8, 4) is 0 Å². The van der Waals surface area contributed by atoms with E-state index < -0.39 is 26.5 Å². The summed E-state index contributed by atoms with van der Waals surface area (Å²) in [5, 5.41) is 0. The smallest absolute Gasteiger partial charge is 0.462 e. The van der Waals surface area contributed by atoms with Crippen molar-refractivity contribution in [2.24, 2.45) is 0 Å². The van der Waals surface area contributed by atoms with Crippen LogP contribution in [0.2, 0.25) is 0 Å². The highest BCUT2D eigenvalue weighted by molar-refractivity contribution is 7.47. The van der Waals surface area contributed by atoms with E-state index in [0.717, 1.165) is 51.4 Å². The van der Waals surface area contributed by atoms with Crippen molar-refractivity contribution in [3.05, 3.63) is 36.5 Å². The van der Waals surface area contributed by atoms with E-state index in [1.807, 2.05) is 21.1 Å². The number of ether oxygens (including phenoxy) is 2. The molecule has 1 N–H and O–H groups in total. The lowest BCUT2D eigenvalue weighted by Gasteiger charge is -2.24. The zero-order valence-electron chi connectivity index (χ0n) is 51.7. The molecule has 0 bridgehead atoms. The molecule has 0 aliphatic carbocycles. The molecule has 2 atom stereocenters. The second kappa shape index (κ2) is 58.9. The summed E-state index contributed by atoms with van der Waals surface area (Å²) in [5.74, 6) is -0.784. The van der Waals surface area contributed by atoms with Gasteiger partial charge in [-0.3, -0.25) is 18.6 Å². The molecule has 0 radical (unpaired) electrons. The molecular formula is C67H129NO8P+. The molecule has 0 aliphatic heterocycles. The maximum atomic E-state index is 12.9. The average Bonchev–Trinajstić information content (AvgIpc) is 3.39. The van der Waals surface area contributed by atoms with Gasteiger partial charge >= 0.3 is 19.8 Å². The van der Waals surface area contributed by atoms with Gasteiger partial charge in [0.2, 0.25) is 0 Å². The van der Waals surface area contributed by atoms with Gasteiger partial charge in [-0.05, 0) is 51.4 Å². The summed E-state index contributed by atoms with van der Waals surface area (Å²) >= 11 is 0. The molecule has 0 saturated carbocycles. The predicted octanol–water partition coefficient (Wildman–Crippen LogP) is 21.1. The normalized spacial score (nSPS) is 13.4. The van der Waals surface area contributed by atoms with Crippen molar-refractivity contribution < 1.29 is 42.1 Å². The topological polar surface area (TPSA) is 108 Å². The molecule has 0 aromatic carbocycles. The van der Waals surface area contributed by atoms with Gasteiger partial charge in [-0.15, -0.1) is 0 Å². The average molecular weight is 1110 g/mol. The van der Waals surface area contributed by atoms with E-state index in [1.54, 1.807) is 0 Å². The Hall–Kier alpha value is -1.77. The molecule has 0 aliphatic rings. The van der Waals surface area contributed by atoms with Crippen LogP contribution in [0.5, 0.6) is 0 Å². The van der Waals surface area contributed by atoms with E-state index in [9.17, 15) is 19.0 Å². The second-order valence-corrected chi connectivity index (χ2v) is 25.3. The maximum absolute atomic E-state index is 12.9. The molecule has 0 aromatic heterocycles. The van der Waals surface area contributed by atoms with Crippen LogP contribution in [0.1, 0.15) is 328 Å². The molecule has 0 saturated heterocycles. The highest BCUT2D eigenvalue weighted by atomic mass is 31.2. The largest absolute Gasteiger partial charge is 0.472 e. The number of esters is 2. The maximum Gasteiger partial charge on any atom is 0.472 e. The molecule has 2 unspecified atom stereocenters. The number of carbonyl (C=O) groups excluding carboxylic acids is 2. The Balaban J connectivity index is 4.05. The standard InChI is InChI=1S/C67H128NO8P/c1-6-8-10-12-14-16-18-20-22-24-26-28-30-32-33-34-36-37-39-41-43-45-47-49-51-53-55-57-59-66(69)73-63-65(64-75-77(71,72)74-62-61-68(3,4)5)76-67(70)60-58-56-54-52-50-48-46-44-42-40-38-35-31-29-27-25-23-21-19-17-15-13-11-9-7-2/h19,21,25,27,31,35,65H,6-18,20,22-24,26,28-30,32-34,36-64H2,1-5H3/p+1/b21-19-,27-25-,35-31-. The summed E-state index contributed by atoms with van der Waals surface area (Å²) in [7, 11) is 1.49. The molecule has 77 heavy (non-hydrogen) atoms. The minimum Gasteiger partial charge on any atom is -0.462 e. The number of hydrogen-bond acceptors (Lipinski definition) is 7. The zero-order chi connectivity index (χ0) is 56.3. The van der Waals surface area contributed by atoms with Crippen LogP contribution in [0.4, 0.5) is 0 Å². The van der Waals surface area contributed by atoms with Crippen molar-refractivity contribution in [3.63, 3.8) is 0 Å². The number of allylic oxidation sites excluding steroid dienone is 6. The van der Waals surface area contributed by atoms with Crippen molar-refractivity contribution >= 4 is 19.8 Å². The minimum atomic E-state index is -4.39. The van der Waals surface area contributed by atoms with Gasteiger partial charge in [0.25, 0.3) is 0 Å². The number of carbonyl (C=O) groups is 2. The van der Waals surface area contributed by atoms with E-state index in [1.165, 1.54) is 244 Å². The van der Waals surface area contributed by atoms with Crippen LogP contribution in [-0.2, 0) is 32.7 Å². The van der Waals surface area contributed by atoms with Gasteiger partial charge in [0.15, 0.2) is 6.10 Å². The van der Waals surface area contributed by atoms with E-state index in [2.05, 4.69) is 50.3 Å². The summed E-state index contributed by atoms with van der Waals surface area (Å²) in [5.41, 5.74) is 0. The van der Waals surface area contributed by atoms with Gasteiger partial charge in [0.1, 0.15) is 19.8 Å². The van der Waals surface area contributed by atoms with Gasteiger partial charge in [-0.25, -0.2) is 4.57 Å². The first-order chi connectivity index (χ1) is 37.5. The predicted molar refractivity (Wildman–Crippen MR) is 330 cm³/mol. The third-order valence-electron chi connectivity index (χ3n) is 14.9. The van der Waals surface area contributed by atoms with E-state index in [0.29, 0.717) is 23.9 Å². The third-order valence-corrected chi connectivity index (χ3v) is 15.9. The number of rotatable bonds is 62. The number of unbranched alkanes of at least 4 members (excludes halogenated alkanes) is 42. The van der Waals surface area contributed by atoms with Crippen LogP contribution in [-0.4, -0.2) is 74.9 Å². The summed E-state index contributed by atoms with van der Waals surface area (Å²) in [6.07, 6.45) is 73.8. The molecular weight excluding hydrogens is 978 g/mol. The number of likely N-dealkylation sites (N-methyl/N-ethyl adjacent to an activating group) is 1. The van der Waals surface area contributed by atoms with Crippen molar-refractivity contribution in [2.45, 2.75) is 335 Å². The molecule has 0 spiro atoms. The van der Waals surface area contributed by atoms with Gasteiger partial charge in [0, 0.05) is 12.8 Å². The van der Waals surface area contributed by atoms with E-state index >= 15 is 0 Å². The molecule has 0 rings (SSSR count). The van der Waals surface area contributed by atoms with Gasteiger partial charge in [-0.1, -0.05) is 301 Å². The number of quaternary nitrogens is 1. The lowest BCUT2D eigenvalue weighted by atomic mass is 10.0. The fourth-order valence-corrected chi connectivity index (χ4v) is 10.5. The Morgan fingerprint density at radius 2 is 0.701 bits per heavy atom. The molecule has 0 amide bonds. The van der Waals surface area contributed by atoms with Gasteiger partial charge < -0.3 is 18.9 Å². The summed E-state index contributed by atoms with van der Waals surface area (Å²) in [4.78, 5) is 35.8. The SMILES string of the molecule is CCCCCCC/C=C\C/C=C\C/C=C\CCCCCCCCCCCCC(=O)OC(COC(=O)CCCCCCCCCCCCCCCCCCCCCCCCCCCCCC)COP(=O)(O)OCC[N+](C)(C)C. The van der Waals surface area contributed by atoms with Crippen LogP contribution in [0.3, 0.4) is 0 Å². The fourth-order valence-electron chi connectivity index (χ4n) is 9.79. The second-order valence-electron chi connectivity index (χ2n) is 23.9. The monoisotopic (exact) mass is 1110 g/mol. The quantitative estimate of drug-likeness (QED) is 0.0211. The highest BCUT2D eigenvalue weighted by Crippen LogP contribution is 2.43. The lowest BCUT2D eigenvalue weighted by molar-refractivity contribution is -0.870. The number of hydrogen-bond donors (Lipinski definition) is 1. The Bertz CT molecular complexity index is 1390. The van der Waals surface area contributed by atoms with E-state index in [-0.39, 0.29) is 25.6 Å². The number of phosphoric ester groups is 1. The first kappa shape index (κ1) is 75.2. The lowest BCUT2D eigenvalue weighted by Crippen LogP contribution is -2.37. The Labute approximate surface area is 478 Å². The Kier molecular flexibility index (Phi) is 57.5. The first-order valence-electron chi connectivity index (χ1n) is 33.2. The minimum absolute atomic E-state index is 0.0325. The van der Waals surface area contributed by atoms with Crippen LogP contribution in [0.25, 0.3) is 0 Å².